The van der Waals surface area contributed by atoms with Crippen LogP contribution in [-0.4, -0.2) is 24.5 Å². The minimum atomic E-state index is 0.197. The molecule has 1 aromatic carbocycles. The number of carbonyl (C=O) groups excluding carboxylic acids is 1. The summed E-state index contributed by atoms with van der Waals surface area (Å²) < 4.78 is 0. The molecule has 1 N–H and O–H groups in total. The summed E-state index contributed by atoms with van der Waals surface area (Å²) >= 11 is 0. The SMILES string of the molecule is CCN(CC)c1ccc(C=CC=O)c(O)c1. The molecule has 0 aliphatic heterocycles. The molecular weight excluding hydrogens is 202 g/mol. The lowest BCUT2D eigenvalue weighted by Gasteiger charge is -2.21. The summed E-state index contributed by atoms with van der Waals surface area (Å²) in [6.45, 7) is 5.94. The molecule has 0 radical (unpaired) electrons. The third kappa shape index (κ3) is 2.86. The first-order valence-corrected chi connectivity index (χ1v) is 5.42. The Balaban J connectivity index is 2.98. The summed E-state index contributed by atoms with van der Waals surface area (Å²) in [5.41, 5.74) is 1.65. The number of nitrogens with zero attached hydrogens (tertiary/aromatic N) is 1. The monoisotopic (exact) mass is 219 g/mol. The van der Waals surface area contributed by atoms with Crippen molar-refractivity contribution in [1.29, 1.82) is 0 Å². The van der Waals surface area contributed by atoms with Gasteiger partial charge in [-0.15, -0.1) is 0 Å². The second-order valence-corrected chi connectivity index (χ2v) is 3.41. The molecule has 0 aliphatic rings. The largest absolute Gasteiger partial charge is 0.507 e. The van der Waals surface area contributed by atoms with Crippen LogP contribution < -0.4 is 4.90 Å². The Morgan fingerprint density at radius 2 is 2.00 bits per heavy atom. The summed E-state index contributed by atoms with van der Waals surface area (Å²) in [4.78, 5) is 12.3. The number of aldehydes is 1. The minimum absolute atomic E-state index is 0.197. The molecule has 0 spiro atoms. The van der Waals surface area contributed by atoms with E-state index >= 15 is 0 Å². The molecule has 0 heterocycles. The van der Waals surface area contributed by atoms with Crippen molar-refractivity contribution in [2.24, 2.45) is 0 Å². The van der Waals surface area contributed by atoms with E-state index in [0.29, 0.717) is 11.8 Å². The van der Waals surface area contributed by atoms with E-state index in [4.69, 9.17) is 0 Å². The van der Waals surface area contributed by atoms with E-state index in [1.54, 1.807) is 12.1 Å². The maximum atomic E-state index is 10.2. The molecule has 0 atom stereocenters. The molecule has 0 unspecified atom stereocenters. The maximum absolute atomic E-state index is 10.2. The van der Waals surface area contributed by atoms with Crippen LogP contribution in [0.3, 0.4) is 0 Å². The summed E-state index contributed by atoms with van der Waals surface area (Å²) in [5, 5.41) is 9.76. The first-order chi connectivity index (χ1) is 7.72. The zero-order valence-electron chi connectivity index (χ0n) is 9.68. The predicted octanol–water partition coefficient (Wildman–Crippen LogP) is 2.45. The number of carbonyl (C=O) groups is 1. The van der Waals surface area contributed by atoms with E-state index < -0.39 is 0 Å². The zero-order chi connectivity index (χ0) is 12.0. The van der Waals surface area contributed by atoms with Crippen LogP contribution in [0.4, 0.5) is 5.69 Å². The van der Waals surface area contributed by atoms with Gasteiger partial charge in [-0.3, -0.25) is 4.79 Å². The van der Waals surface area contributed by atoms with Crippen LogP contribution in [0.2, 0.25) is 0 Å². The predicted molar refractivity (Wildman–Crippen MR) is 66.8 cm³/mol. The Bertz CT molecular complexity index is 382. The summed E-state index contributed by atoms with van der Waals surface area (Å²) in [6, 6.07) is 5.47. The van der Waals surface area contributed by atoms with Gasteiger partial charge in [0, 0.05) is 30.4 Å². The summed E-state index contributed by atoms with van der Waals surface area (Å²) in [6.07, 6.45) is 3.65. The molecule has 0 aromatic heterocycles. The molecule has 3 heteroatoms. The van der Waals surface area contributed by atoms with Crippen LogP contribution in [0.5, 0.6) is 5.75 Å². The average Bonchev–Trinajstić information content (AvgIpc) is 2.29. The van der Waals surface area contributed by atoms with E-state index in [-0.39, 0.29) is 5.75 Å². The van der Waals surface area contributed by atoms with E-state index in [2.05, 4.69) is 18.7 Å². The molecular formula is C13H17NO2. The topological polar surface area (TPSA) is 40.5 Å². The normalized spacial score (nSPS) is 10.6. The van der Waals surface area contributed by atoms with Crippen molar-refractivity contribution in [3.8, 4) is 5.75 Å². The van der Waals surface area contributed by atoms with E-state index in [1.165, 1.54) is 6.08 Å². The van der Waals surface area contributed by atoms with Gasteiger partial charge in [-0.05, 0) is 38.1 Å². The van der Waals surface area contributed by atoms with E-state index in [0.717, 1.165) is 18.8 Å². The molecule has 0 saturated carbocycles. The van der Waals surface area contributed by atoms with Gasteiger partial charge in [-0.2, -0.15) is 0 Å². The fourth-order valence-corrected chi connectivity index (χ4v) is 1.60. The first kappa shape index (κ1) is 12.3. The van der Waals surface area contributed by atoms with Gasteiger partial charge in [0.1, 0.15) is 12.0 Å². The molecule has 16 heavy (non-hydrogen) atoms. The smallest absolute Gasteiger partial charge is 0.142 e. The van der Waals surface area contributed by atoms with Crippen molar-refractivity contribution in [3.63, 3.8) is 0 Å². The summed E-state index contributed by atoms with van der Waals surface area (Å²) in [5.74, 6) is 0.197. The Morgan fingerprint density at radius 1 is 1.31 bits per heavy atom. The Hall–Kier alpha value is -1.77. The number of hydrogen-bond acceptors (Lipinski definition) is 3. The third-order valence-electron chi connectivity index (χ3n) is 2.50. The molecule has 0 saturated heterocycles. The number of rotatable bonds is 5. The van der Waals surface area contributed by atoms with E-state index in [1.807, 2.05) is 12.1 Å². The van der Waals surface area contributed by atoms with Crippen molar-refractivity contribution < 1.29 is 9.90 Å². The Morgan fingerprint density at radius 3 is 2.50 bits per heavy atom. The van der Waals surface area contributed by atoms with E-state index in [9.17, 15) is 9.90 Å². The zero-order valence-corrected chi connectivity index (χ0v) is 9.68. The van der Waals surface area contributed by atoms with Gasteiger partial charge in [-0.25, -0.2) is 0 Å². The summed E-state index contributed by atoms with van der Waals surface area (Å²) in [7, 11) is 0. The molecule has 3 nitrogen and oxygen atoms in total. The second kappa shape index (κ2) is 5.95. The lowest BCUT2D eigenvalue weighted by molar-refractivity contribution is -0.104. The highest BCUT2D eigenvalue weighted by Crippen LogP contribution is 2.25. The molecule has 0 fully saturated rings. The fraction of sp³-hybridized carbons (Fsp3) is 0.308. The van der Waals surface area contributed by atoms with Crippen molar-refractivity contribution in [2.45, 2.75) is 13.8 Å². The van der Waals surface area contributed by atoms with Crippen LogP contribution in [0.15, 0.2) is 24.3 Å². The van der Waals surface area contributed by atoms with Crippen molar-refractivity contribution in [2.75, 3.05) is 18.0 Å². The Labute approximate surface area is 96.0 Å². The number of phenols is 1. The van der Waals surface area contributed by atoms with Gasteiger partial charge in [-0.1, -0.05) is 0 Å². The van der Waals surface area contributed by atoms with Gasteiger partial charge in [0.25, 0.3) is 0 Å². The molecule has 1 aromatic rings. The van der Waals surface area contributed by atoms with Gasteiger partial charge in [0.15, 0.2) is 0 Å². The maximum Gasteiger partial charge on any atom is 0.142 e. The molecule has 1 rings (SSSR count). The minimum Gasteiger partial charge on any atom is -0.507 e. The Kier molecular flexibility index (Phi) is 4.58. The van der Waals surface area contributed by atoms with Gasteiger partial charge < -0.3 is 10.0 Å². The van der Waals surface area contributed by atoms with Gasteiger partial charge in [0.05, 0.1) is 0 Å². The number of aromatic hydroxyl groups is 1. The highest BCUT2D eigenvalue weighted by molar-refractivity contribution is 5.76. The molecule has 0 aliphatic carbocycles. The first-order valence-electron chi connectivity index (χ1n) is 5.42. The lowest BCUT2D eigenvalue weighted by atomic mass is 10.1. The number of allylic oxidation sites excluding steroid dienone is 1. The fourth-order valence-electron chi connectivity index (χ4n) is 1.60. The lowest BCUT2D eigenvalue weighted by Crippen LogP contribution is -2.21. The third-order valence-corrected chi connectivity index (χ3v) is 2.50. The standard InChI is InChI=1S/C13H17NO2/c1-3-14(4-2)12-8-7-11(6-5-9-15)13(16)10-12/h5-10,16H,3-4H2,1-2H3. The highest BCUT2D eigenvalue weighted by Gasteiger charge is 2.04. The average molecular weight is 219 g/mol. The van der Waals surface area contributed by atoms with Crippen LogP contribution in [0, 0.1) is 0 Å². The molecule has 0 amide bonds. The van der Waals surface area contributed by atoms with Crippen molar-refractivity contribution in [1.82, 2.24) is 0 Å². The quantitative estimate of drug-likeness (QED) is 0.611. The number of hydrogen-bond donors (Lipinski definition) is 1. The molecule has 0 bridgehead atoms. The van der Waals surface area contributed by atoms with Crippen LogP contribution in [0.1, 0.15) is 19.4 Å². The van der Waals surface area contributed by atoms with Gasteiger partial charge in [0.2, 0.25) is 0 Å². The molecule has 86 valence electrons. The van der Waals surface area contributed by atoms with Crippen LogP contribution >= 0.6 is 0 Å². The van der Waals surface area contributed by atoms with Crippen LogP contribution in [0.25, 0.3) is 6.08 Å². The second-order valence-electron chi connectivity index (χ2n) is 3.41. The van der Waals surface area contributed by atoms with Crippen molar-refractivity contribution >= 4 is 18.0 Å². The highest BCUT2D eigenvalue weighted by atomic mass is 16.3. The number of benzene rings is 1. The number of anilines is 1. The van der Waals surface area contributed by atoms with Crippen LogP contribution in [-0.2, 0) is 4.79 Å². The van der Waals surface area contributed by atoms with Gasteiger partial charge >= 0.3 is 0 Å². The number of phenolic OH excluding ortho intramolecular Hbond substituents is 1. The van der Waals surface area contributed by atoms with Crippen molar-refractivity contribution in [3.05, 3.63) is 29.8 Å².